The average Bonchev–Trinajstić information content (AvgIpc) is 3.35. The van der Waals surface area contributed by atoms with Gasteiger partial charge in [-0.05, 0) is 69.7 Å². The monoisotopic (exact) mass is 527 g/mol. The lowest BCUT2D eigenvalue weighted by Crippen LogP contribution is -2.49. The summed E-state index contributed by atoms with van der Waals surface area (Å²) in [4.78, 5) is 28.2. The predicted molar refractivity (Wildman–Crippen MR) is 149 cm³/mol. The van der Waals surface area contributed by atoms with Gasteiger partial charge in [-0.25, -0.2) is 8.42 Å². The van der Waals surface area contributed by atoms with Crippen molar-refractivity contribution in [3.05, 3.63) is 64.7 Å². The molecule has 3 rings (SSSR count). The Morgan fingerprint density at radius 1 is 1.00 bits per heavy atom. The summed E-state index contributed by atoms with van der Waals surface area (Å²) in [5.41, 5.74) is 4.54. The summed E-state index contributed by atoms with van der Waals surface area (Å²) in [7, 11) is -3.53. The largest absolute Gasteiger partial charge is 0.352 e. The number of carbonyl (C=O) groups is 2. The number of hydrogen-bond donors (Lipinski definition) is 1. The molecule has 1 unspecified atom stereocenters. The number of carbonyl (C=O) groups excluding carboxylic acids is 2. The van der Waals surface area contributed by atoms with E-state index in [0.29, 0.717) is 18.7 Å². The van der Waals surface area contributed by atoms with Crippen LogP contribution in [0.3, 0.4) is 0 Å². The topological polar surface area (TPSA) is 86.8 Å². The molecule has 202 valence electrons. The molecule has 0 aliphatic heterocycles. The third-order valence-corrected chi connectivity index (χ3v) is 8.31. The fourth-order valence-electron chi connectivity index (χ4n) is 4.84. The molecule has 0 spiro atoms. The Morgan fingerprint density at radius 2 is 1.62 bits per heavy atom. The Balaban J connectivity index is 1.73. The highest BCUT2D eigenvalue weighted by molar-refractivity contribution is 7.92. The first-order valence-electron chi connectivity index (χ1n) is 13.2. The van der Waals surface area contributed by atoms with Crippen LogP contribution in [0.15, 0.2) is 42.5 Å². The fourth-order valence-corrected chi connectivity index (χ4v) is 5.85. The van der Waals surface area contributed by atoms with Crippen molar-refractivity contribution in [1.29, 1.82) is 0 Å². The molecule has 1 fully saturated rings. The van der Waals surface area contributed by atoms with Crippen LogP contribution in [-0.2, 0) is 26.2 Å². The van der Waals surface area contributed by atoms with E-state index in [1.54, 1.807) is 11.8 Å². The fraction of sp³-hybridized carbons (Fsp3) is 0.517. The van der Waals surface area contributed by atoms with Crippen molar-refractivity contribution in [2.75, 3.05) is 17.1 Å². The summed E-state index contributed by atoms with van der Waals surface area (Å²) in [6.45, 7) is 8.10. The summed E-state index contributed by atoms with van der Waals surface area (Å²) in [6, 6.07) is 13.2. The summed E-state index contributed by atoms with van der Waals surface area (Å²) in [5, 5.41) is 3.12. The summed E-state index contributed by atoms with van der Waals surface area (Å²) in [5.74, 6) is -0.301. The van der Waals surface area contributed by atoms with E-state index >= 15 is 0 Å². The molecule has 8 heteroatoms. The van der Waals surface area contributed by atoms with E-state index in [0.717, 1.165) is 47.9 Å². The summed E-state index contributed by atoms with van der Waals surface area (Å²) < 4.78 is 26.6. The highest BCUT2D eigenvalue weighted by Crippen LogP contribution is 2.25. The van der Waals surface area contributed by atoms with Gasteiger partial charge in [0.15, 0.2) is 0 Å². The van der Waals surface area contributed by atoms with Gasteiger partial charge in [-0.15, -0.1) is 0 Å². The van der Waals surface area contributed by atoms with Gasteiger partial charge < -0.3 is 10.2 Å². The summed E-state index contributed by atoms with van der Waals surface area (Å²) in [6.07, 6.45) is 5.86. The van der Waals surface area contributed by atoms with E-state index in [9.17, 15) is 18.0 Å². The number of aryl methyl sites for hydroxylation is 3. The van der Waals surface area contributed by atoms with Crippen molar-refractivity contribution in [3.8, 4) is 0 Å². The standard InChI is InChI=1S/C29H41N3O4S/c1-21-13-16-25(17-14-21)20-31(24(4)29(34)30-26-9-6-7-10-26)28(33)11-8-18-32(37(5,35)36)27-19-22(2)12-15-23(27)3/h12-17,19,24,26H,6-11,18,20H2,1-5H3,(H,30,34). The number of rotatable bonds is 11. The molecule has 0 radical (unpaired) electrons. The Kier molecular flexibility index (Phi) is 9.76. The quantitative estimate of drug-likeness (QED) is 0.461. The molecule has 7 nitrogen and oxygen atoms in total. The Labute approximate surface area is 222 Å². The second-order valence-electron chi connectivity index (χ2n) is 10.4. The minimum atomic E-state index is -3.53. The van der Waals surface area contributed by atoms with Crippen molar-refractivity contribution in [3.63, 3.8) is 0 Å². The number of amides is 2. The zero-order chi connectivity index (χ0) is 27.2. The average molecular weight is 528 g/mol. The van der Waals surface area contributed by atoms with Crippen LogP contribution in [0.25, 0.3) is 0 Å². The molecule has 1 N–H and O–H groups in total. The van der Waals surface area contributed by atoms with Crippen molar-refractivity contribution < 1.29 is 18.0 Å². The van der Waals surface area contributed by atoms with E-state index in [1.807, 2.05) is 63.2 Å². The molecule has 2 aromatic rings. The van der Waals surface area contributed by atoms with Gasteiger partial charge in [0, 0.05) is 25.6 Å². The third-order valence-electron chi connectivity index (χ3n) is 7.13. The number of hydrogen-bond acceptors (Lipinski definition) is 4. The molecule has 1 aliphatic carbocycles. The van der Waals surface area contributed by atoms with E-state index in [-0.39, 0.29) is 30.8 Å². The molecule has 2 aromatic carbocycles. The highest BCUT2D eigenvalue weighted by atomic mass is 32.2. The lowest BCUT2D eigenvalue weighted by atomic mass is 10.1. The molecular weight excluding hydrogens is 486 g/mol. The van der Waals surface area contributed by atoms with Gasteiger partial charge in [-0.2, -0.15) is 0 Å². The number of nitrogens with zero attached hydrogens (tertiary/aromatic N) is 2. The van der Waals surface area contributed by atoms with Crippen LogP contribution in [-0.4, -0.2) is 50.0 Å². The minimum absolute atomic E-state index is 0.138. The van der Waals surface area contributed by atoms with Crippen molar-refractivity contribution in [2.24, 2.45) is 0 Å². The predicted octanol–water partition coefficient (Wildman–Crippen LogP) is 4.63. The molecule has 2 amide bonds. The molecule has 37 heavy (non-hydrogen) atoms. The van der Waals surface area contributed by atoms with E-state index in [4.69, 9.17) is 0 Å². The molecule has 0 saturated heterocycles. The molecule has 0 bridgehead atoms. The Morgan fingerprint density at radius 3 is 2.24 bits per heavy atom. The number of nitrogens with one attached hydrogen (secondary N) is 1. The zero-order valence-corrected chi connectivity index (χ0v) is 23.6. The van der Waals surface area contributed by atoms with Crippen LogP contribution >= 0.6 is 0 Å². The van der Waals surface area contributed by atoms with Crippen LogP contribution in [0.1, 0.15) is 67.7 Å². The van der Waals surface area contributed by atoms with Gasteiger partial charge in [-0.3, -0.25) is 13.9 Å². The normalized spacial score (nSPS) is 14.8. The maximum absolute atomic E-state index is 13.5. The molecule has 1 saturated carbocycles. The molecular formula is C29H41N3O4S. The van der Waals surface area contributed by atoms with Crippen molar-refractivity contribution in [2.45, 2.75) is 84.8 Å². The second kappa shape index (κ2) is 12.6. The van der Waals surface area contributed by atoms with Gasteiger partial charge >= 0.3 is 0 Å². The zero-order valence-electron chi connectivity index (χ0n) is 22.8. The van der Waals surface area contributed by atoms with Gasteiger partial charge in [0.1, 0.15) is 6.04 Å². The molecule has 1 aliphatic rings. The van der Waals surface area contributed by atoms with Gasteiger partial charge in [-0.1, -0.05) is 54.8 Å². The van der Waals surface area contributed by atoms with Gasteiger partial charge in [0.2, 0.25) is 21.8 Å². The number of anilines is 1. The minimum Gasteiger partial charge on any atom is -0.352 e. The first-order valence-corrected chi connectivity index (χ1v) is 15.0. The van der Waals surface area contributed by atoms with Crippen LogP contribution < -0.4 is 9.62 Å². The second-order valence-corrected chi connectivity index (χ2v) is 12.3. The van der Waals surface area contributed by atoms with E-state index in [2.05, 4.69) is 5.32 Å². The smallest absolute Gasteiger partial charge is 0.242 e. The number of benzene rings is 2. The van der Waals surface area contributed by atoms with Crippen molar-refractivity contribution in [1.82, 2.24) is 10.2 Å². The maximum Gasteiger partial charge on any atom is 0.242 e. The van der Waals surface area contributed by atoms with Gasteiger partial charge in [0.05, 0.1) is 11.9 Å². The Hall–Kier alpha value is -2.87. The Bertz CT molecular complexity index is 1190. The molecule has 0 aromatic heterocycles. The van der Waals surface area contributed by atoms with Gasteiger partial charge in [0.25, 0.3) is 0 Å². The summed E-state index contributed by atoms with van der Waals surface area (Å²) >= 11 is 0. The maximum atomic E-state index is 13.5. The highest BCUT2D eigenvalue weighted by Gasteiger charge is 2.29. The lowest BCUT2D eigenvalue weighted by Gasteiger charge is -2.30. The van der Waals surface area contributed by atoms with Crippen LogP contribution in [0, 0.1) is 20.8 Å². The SMILES string of the molecule is Cc1ccc(CN(C(=O)CCCN(c2cc(C)ccc2C)S(C)(=O)=O)C(C)C(=O)NC2CCCC2)cc1. The van der Waals surface area contributed by atoms with E-state index in [1.165, 1.54) is 10.6 Å². The van der Waals surface area contributed by atoms with E-state index < -0.39 is 16.1 Å². The van der Waals surface area contributed by atoms with Crippen LogP contribution in [0.5, 0.6) is 0 Å². The first kappa shape index (κ1) is 28.7. The van der Waals surface area contributed by atoms with Crippen molar-refractivity contribution >= 4 is 27.5 Å². The first-order chi connectivity index (χ1) is 17.5. The molecule has 1 atom stereocenters. The van der Waals surface area contributed by atoms with Crippen LogP contribution in [0.4, 0.5) is 5.69 Å². The third kappa shape index (κ3) is 8.06. The lowest BCUT2D eigenvalue weighted by molar-refractivity contribution is -0.141. The van der Waals surface area contributed by atoms with Crippen LogP contribution in [0.2, 0.25) is 0 Å². The number of sulfonamides is 1. The molecule has 0 heterocycles.